The van der Waals surface area contributed by atoms with Crippen molar-refractivity contribution in [2.45, 2.75) is 65.3 Å². The minimum atomic E-state index is 0.866. The first-order valence-electron chi connectivity index (χ1n) is 6.52. The van der Waals surface area contributed by atoms with E-state index in [1.54, 1.807) is 0 Å². The maximum atomic E-state index is 2.74. The Morgan fingerprint density at radius 2 is 2.00 bits per heavy atom. The lowest BCUT2D eigenvalue weighted by atomic mass is 10.0. The molecule has 0 aliphatic carbocycles. The number of hydrogen-bond donors (Lipinski definition) is 0. The highest BCUT2D eigenvalue weighted by Crippen LogP contribution is 2.20. The molecule has 1 aliphatic rings. The molecule has 1 saturated heterocycles. The molecule has 0 aromatic rings. The van der Waals surface area contributed by atoms with Gasteiger partial charge < -0.3 is 4.90 Å². The lowest BCUT2D eigenvalue weighted by Gasteiger charge is -2.29. The molecular formula is C13H27N. The first-order chi connectivity index (χ1) is 6.77. The van der Waals surface area contributed by atoms with Gasteiger partial charge in [-0.05, 0) is 51.1 Å². The zero-order chi connectivity index (χ0) is 10.4. The summed E-state index contributed by atoms with van der Waals surface area (Å²) in [6.07, 6.45) is 8.35. The molecule has 0 aromatic carbocycles. The molecule has 2 atom stereocenters. The van der Waals surface area contributed by atoms with Crippen molar-refractivity contribution < 1.29 is 0 Å². The van der Waals surface area contributed by atoms with Crippen LogP contribution in [0.3, 0.4) is 0 Å². The second kappa shape index (κ2) is 6.44. The normalized spacial score (nSPS) is 27.2. The molecule has 1 nitrogen and oxygen atoms in total. The maximum absolute atomic E-state index is 2.74. The van der Waals surface area contributed by atoms with E-state index >= 15 is 0 Å². The van der Waals surface area contributed by atoms with E-state index in [1.165, 1.54) is 51.6 Å². The maximum Gasteiger partial charge on any atom is 0.00925 e. The lowest BCUT2D eigenvalue weighted by molar-refractivity contribution is 0.185. The highest BCUT2D eigenvalue weighted by Gasteiger charge is 2.19. The van der Waals surface area contributed by atoms with Crippen LogP contribution in [-0.4, -0.2) is 24.0 Å². The molecule has 1 rings (SSSR count). The van der Waals surface area contributed by atoms with Crippen LogP contribution in [0.4, 0.5) is 0 Å². The van der Waals surface area contributed by atoms with Gasteiger partial charge in [0.15, 0.2) is 0 Å². The fraction of sp³-hybridized carbons (Fsp3) is 1.00. The summed E-state index contributed by atoms with van der Waals surface area (Å²) in [5.74, 6) is 0.958. The highest BCUT2D eigenvalue weighted by atomic mass is 15.1. The second-order valence-electron chi connectivity index (χ2n) is 4.92. The van der Waals surface area contributed by atoms with Crippen molar-refractivity contribution in [3.05, 3.63) is 0 Å². The van der Waals surface area contributed by atoms with E-state index in [9.17, 15) is 0 Å². The smallest absolute Gasteiger partial charge is 0.00925 e. The zero-order valence-electron chi connectivity index (χ0n) is 10.3. The van der Waals surface area contributed by atoms with E-state index in [2.05, 4.69) is 25.7 Å². The fourth-order valence-corrected chi connectivity index (χ4v) is 2.63. The Labute approximate surface area is 89.9 Å². The average molecular weight is 197 g/mol. The van der Waals surface area contributed by atoms with Crippen LogP contribution in [0.2, 0.25) is 0 Å². The van der Waals surface area contributed by atoms with Crippen molar-refractivity contribution in [1.82, 2.24) is 4.90 Å². The van der Waals surface area contributed by atoms with Crippen LogP contribution in [-0.2, 0) is 0 Å². The van der Waals surface area contributed by atoms with Crippen LogP contribution in [0.15, 0.2) is 0 Å². The molecule has 1 heteroatoms. The predicted octanol–water partition coefficient (Wildman–Crippen LogP) is 3.69. The molecule has 0 bridgehead atoms. The Bertz CT molecular complexity index is 144. The second-order valence-corrected chi connectivity index (χ2v) is 4.92. The Balaban J connectivity index is 2.40. The van der Waals surface area contributed by atoms with Gasteiger partial charge in [0.25, 0.3) is 0 Å². The van der Waals surface area contributed by atoms with Crippen molar-refractivity contribution in [3.63, 3.8) is 0 Å². The quantitative estimate of drug-likeness (QED) is 0.664. The van der Waals surface area contributed by atoms with E-state index in [1.807, 2.05) is 0 Å². The summed E-state index contributed by atoms with van der Waals surface area (Å²) in [5.41, 5.74) is 0. The molecular weight excluding hydrogens is 170 g/mol. The molecule has 84 valence electrons. The summed E-state index contributed by atoms with van der Waals surface area (Å²) in [5, 5.41) is 0. The van der Waals surface area contributed by atoms with Crippen molar-refractivity contribution >= 4 is 0 Å². The first-order valence-corrected chi connectivity index (χ1v) is 6.52. The molecule has 14 heavy (non-hydrogen) atoms. The summed E-state index contributed by atoms with van der Waals surface area (Å²) in [4.78, 5) is 2.74. The molecule has 2 unspecified atom stereocenters. The Kier molecular flexibility index (Phi) is 5.54. The van der Waals surface area contributed by atoms with Gasteiger partial charge in [0, 0.05) is 6.04 Å². The van der Waals surface area contributed by atoms with Crippen molar-refractivity contribution in [1.29, 1.82) is 0 Å². The molecule has 1 fully saturated rings. The third kappa shape index (κ3) is 3.61. The lowest BCUT2D eigenvalue weighted by Crippen LogP contribution is -2.35. The van der Waals surface area contributed by atoms with Gasteiger partial charge in [0.1, 0.15) is 0 Å². The topological polar surface area (TPSA) is 3.24 Å². The Morgan fingerprint density at radius 3 is 2.64 bits per heavy atom. The van der Waals surface area contributed by atoms with Crippen LogP contribution in [0.1, 0.15) is 59.3 Å². The Morgan fingerprint density at radius 1 is 1.21 bits per heavy atom. The number of likely N-dealkylation sites (tertiary alicyclic amines) is 1. The van der Waals surface area contributed by atoms with Crippen molar-refractivity contribution in [2.75, 3.05) is 13.1 Å². The number of hydrogen-bond acceptors (Lipinski definition) is 1. The summed E-state index contributed by atoms with van der Waals surface area (Å²) in [7, 11) is 0. The van der Waals surface area contributed by atoms with Gasteiger partial charge >= 0.3 is 0 Å². The van der Waals surface area contributed by atoms with Gasteiger partial charge in [-0.15, -0.1) is 0 Å². The van der Waals surface area contributed by atoms with E-state index in [0.29, 0.717) is 0 Å². The number of nitrogens with zero attached hydrogens (tertiary/aromatic N) is 1. The standard InChI is InChI=1S/C13H27N/c1-4-7-13(5-2)14-10-6-8-12(3)9-11-14/h12-13H,4-11H2,1-3H3. The fourth-order valence-electron chi connectivity index (χ4n) is 2.63. The van der Waals surface area contributed by atoms with Crippen molar-refractivity contribution in [3.8, 4) is 0 Å². The molecule has 0 aromatic heterocycles. The molecule has 0 radical (unpaired) electrons. The summed E-state index contributed by atoms with van der Waals surface area (Å²) < 4.78 is 0. The summed E-state index contributed by atoms with van der Waals surface area (Å²) >= 11 is 0. The SMILES string of the molecule is CCCC(CC)N1CCCC(C)CC1. The first kappa shape index (κ1) is 12.0. The Hall–Kier alpha value is -0.0400. The van der Waals surface area contributed by atoms with Crippen LogP contribution in [0.25, 0.3) is 0 Å². The largest absolute Gasteiger partial charge is 0.300 e. The third-order valence-corrected chi connectivity index (χ3v) is 3.66. The number of rotatable bonds is 4. The highest BCUT2D eigenvalue weighted by molar-refractivity contribution is 4.74. The zero-order valence-corrected chi connectivity index (χ0v) is 10.3. The minimum Gasteiger partial charge on any atom is -0.300 e. The van der Waals surface area contributed by atoms with Crippen molar-refractivity contribution in [2.24, 2.45) is 5.92 Å². The third-order valence-electron chi connectivity index (χ3n) is 3.66. The van der Waals surface area contributed by atoms with Crippen LogP contribution >= 0.6 is 0 Å². The molecule has 1 aliphatic heterocycles. The van der Waals surface area contributed by atoms with Gasteiger partial charge in [-0.25, -0.2) is 0 Å². The van der Waals surface area contributed by atoms with Crippen LogP contribution in [0.5, 0.6) is 0 Å². The monoisotopic (exact) mass is 197 g/mol. The average Bonchev–Trinajstić information content (AvgIpc) is 2.40. The molecule has 0 amide bonds. The van der Waals surface area contributed by atoms with Crippen LogP contribution in [0, 0.1) is 5.92 Å². The van der Waals surface area contributed by atoms with E-state index in [4.69, 9.17) is 0 Å². The predicted molar refractivity (Wildman–Crippen MR) is 63.6 cm³/mol. The minimum absolute atomic E-state index is 0.866. The van der Waals surface area contributed by atoms with E-state index < -0.39 is 0 Å². The van der Waals surface area contributed by atoms with Crippen LogP contribution < -0.4 is 0 Å². The van der Waals surface area contributed by atoms with E-state index in [-0.39, 0.29) is 0 Å². The van der Waals surface area contributed by atoms with Gasteiger partial charge in [-0.3, -0.25) is 0 Å². The van der Waals surface area contributed by atoms with E-state index in [0.717, 1.165) is 12.0 Å². The molecule has 0 spiro atoms. The van der Waals surface area contributed by atoms with Gasteiger partial charge in [0.05, 0.1) is 0 Å². The molecule has 0 N–H and O–H groups in total. The summed E-state index contributed by atoms with van der Waals surface area (Å²) in [6, 6.07) is 0.866. The summed E-state index contributed by atoms with van der Waals surface area (Å²) in [6.45, 7) is 9.75. The van der Waals surface area contributed by atoms with Gasteiger partial charge in [0.2, 0.25) is 0 Å². The van der Waals surface area contributed by atoms with Gasteiger partial charge in [-0.2, -0.15) is 0 Å². The molecule has 0 saturated carbocycles. The molecule has 1 heterocycles. The van der Waals surface area contributed by atoms with Gasteiger partial charge in [-0.1, -0.05) is 27.2 Å².